The Hall–Kier alpha value is -2.66. The molecule has 2 aromatic carbocycles. The number of hydrogen-bond donors (Lipinski definition) is 1. The number of rotatable bonds is 4. The van der Waals surface area contributed by atoms with Crippen molar-refractivity contribution in [2.75, 3.05) is 30.5 Å². The summed E-state index contributed by atoms with van der Waals surface area (Å²) in [5.41, 5.74) is 3.30. The molecule has 0 aromatic heterocycles. The van der Waals surface area contributed by atoms with Crippen molar-refractivity contribution >= 4 is 23.2 Å². The van der Waals surface area contributed by atoms with Gasteiger partial charge in [0.05, 0.1) is 0 Å². The van der Waals surface area contributed by atoms with Gasteiger partial charge >= 0.3 is 0 Å². The SMILES string of the molecule is COCC(=O)N1CCc2cc(NC(=O)c3ccccc3)ccc21. The fourth-order valence-corrected chi connectivity index (χ4v) is 2.73. The summed E-state index contributed by atoms with van der Waals surface area (Å²) in [6.45, 7) is 0.722. The van der Waals surface area contributed by atoms with Crippen molar-refractivity contribution in [2.24, 2.45) is 0 Å². The van der Waals surface area contributed by atoms with Gasteiger partial charge in [0, 0.05) is 30.6 Å². The van der Waals surface area contributed by atoms with E-state index < -0.39 is 0 Å². The molecule has 3 rings (SSSR count). The van der Waals surface area contributed by atoms with Crippen molar-refractivity contribution in [1.29, 1.82) is 0 Å². The Labute approximate surface area is 134 Å². The molecule has 0 saturated heterocycles. The maximum absolute atomic E-state index is 12.2. The first-order valence-electron chi connectivity index (χ1n) is 7.47. The molecule has 5 heteroatoms. The molecule has 5 nitrogen and oxygen atoms in total. The Morgan fingerprint density at radius 1 is 1.17 bits per heavy atom. The molecular formula is C18H18N2O3. The number of nitrogens with zero attached hydrogens (tertiary/aromatic N) is 1. The van der Waals surface area contributed by atoms with Crippen LogP contribution < -0.4 is 10.2 Å². The molecule has 0 atom stereocenters. The van der Waals surface area contributed by atoms with E-state index in [2.05, 4.69) is 5.32 Å². The molecule has 23 heavy (non-hydrogen) atoms. The minimum absolute atomic E-state index is 0.0488. The van der Waals surface area contributed by atoms with Crippen LogP contribution in [0.1, 0.15) is 15.9 Å². The summed E-state index contributed by atoms with van der Waals surface area (Å²) in [7, 11) is 1.51. The molecule has 2 aromatic rings. The molecule has 1 aliphatic heterocycles. The van der Waals surface area contributed by atoms with Crippen LogP contribution in [0.25, 0.3) is 0 Å². The van der Waals surface area contributed by atoms with E-state index in [1.54, 1.807) is 17.0 Å². The lowest BCUT2D eigenvalue weighted by Gasteiger charge is -2.17. The predicted molar refractivity (Wildman–Crippen MR) is 88.8 cm³/mol. The lowest BCUT2D eigenvalue weighted by molar-refractivity contribution is -0.122. The monoisotopic (exact) mass is 310 g/mol. The van der Waals surface area contributed by atoms with Crippen molar-refractivity contribution < 1.29 is 14.3 Å². The van der Waals surface area contributed by atoms with Gasteiger partial charge in [-0.15, -0.1) is 0 Å². The lowest BCUT2D eigenvalue weighted by atomic mass is 10.1. The molecule has 0 fully saturated rings. The first-order valence-corrected chi connectivity index (χ1v) is 7.47. The Balaban J connectivity index is 1.75. The zero-order valence-electron chi connectivity index (χ0n) is 12.9. The highest BCUT2D eigenvalue weighted by atomic mass is 16.5. The van der Waals surface area contributed by atoms with Crippen LogP contribution in [-0.4, -0.2) is 32.1 Å². The number of fused-ring (bicyclic) bond motifs is 1. The topological polar surface area (TPSA) is 58.6 Å². The van der Waals surface area contributed by atoms with E-state index >= 15 is 0 Å². The predicted octanol–water partition coefficient (Wildman–Crippen LogP) is 2.47. The van der Waals surface area contributed by atoms with Crippen molar-refractivity contribution in [3.05, 3.63) is 59.7 Å². The summed E-state index contributed by atoms with van der Waals surface area (Å²) in [5.74, 6) is -0.191. The number of carbonyl (C=O) groups is 2. The molecule has 2 amide bonds. The number of hydrogen-bond acceptors (Lipinski definition) is 3. The van der Waals surface area contributed by atoms with Crippen LogP contribution in [0, 0.1) is 0 Å². The summed E-state index contributed by atoms with van der Waals surface area (Å²) in [4.78, 5) is 25.9. The van der Waals surface area contributed by atoms with Crippen LogP contribution in [-0.2, 0) is 16.0 Å². The second kappa shape index (κ2) is 6.62. The second-order valence-electron chi connectivity index (χ2n) is 5.39. The minimum Gasteiger partial charge on any atom is -0.375 e. The molecule has 118 valence electrons. The van der Waals surface area contributed by atoms with Crippen LogP contribution in [0.15, 0.2) is 48.5 Å². The van der Waals surface area contributed by atoms with E-state index in [1.165, 1.54) is 7.11 Å². The summed E-state index contributed by atoms with van der Waals surface area (Å²) in [5, 5.41) is 2.89. The number of amides is 2. The molecule has 0 bridgehead atoms. The Kier molecular flexibility index (Phi) is 4.39. The first kappa shape index (κ1) is 15.2. The molecule has 1 aliphatic rings. The fraction of sp³-hybridized carbons (Fsp3) is 0.222. The zero-order chi connectivity index (χ0) is 16.2. The molecule has 0 radical (unpaired) electrons. The van der Waals surface area contributed by atoms with E-state index in [0.717, 1.165) is 23.4 Å². The normalized spacial score (nSPS) is 12.8. The van der Waals surface area contributed by atoms with Gasteiger partial charge in [-0.2, -0.15) is 0 Å². The van der Waals surface area contributed by atoms with Crippen LogP contribution in [0.3, 0.4) is 0 Å². The number of benzene rings is 2. The number of nitrogens with one attached hydrogen (secondary N) is 1. The van der Waals surface area contributed by atoms with Crippen molar-refractivity contribution in [1.82, 2.24) is 0 Å². The average molecular weight is 310 g/mol. The third-order valence-electron chi connectivity index (χ3n) is 3.84. The Bertz CT molecular complexity index is 728. The van der Waals surface area contributed by atoms with E-state index in [4.69, 9.17) is 4.74 Å². The van der Waals surface area contributed by atoms with Crippen molar-refractivity contribution in [2.45, 2.75) is 6.42 Å². The van der Waals surface area contributed by atoms with Gasteiger partial charge in [-0.25, -0.2) is 0 Å². The molecular weight excluding hydrogens is 292 g/mol. The second-order valence-corrected chi connectivity index (χ2v) is 5.39. The van der Waals surface area contributed by atoms with Gasteiger partial charge in [0.2, 0.25) is 0 Å². The smallest absolute Gasteiger partial charge is 0.255 e. The number of carbonyl (C=O) groups excluding carboxylic acids is 2. The lowest BCUT2D eigenvalue weighted by Crippen LogP contribution is -2.31. The maximum atomic E-state index is 12.2. The van der Waals surface area contributed by atoms with Gasteiger partial charge in [0.25, 0.3) is 11.8 Å². The highest BCUT2D eigenvalue weighted by Gasteiger charge is 2.24. The van der Waals surface area contributed by atoms with Crippen LogP contribution in [0.2, 0.25) is 0 Å². The highest BCUT2D eigenvalue weighted by Crippen LogP contribution is 2.30. The van der Waals surface area contributed by atoms with E-state index in [-0.39, 0.29) is 18.4 Å². The molecule has 0 spiro atoms. The largest absolute Gasteiger partial charge is 0.375 e. The number of anilines is 2. The minimum atomic E-state index is -0.143. The van der Waals surface area contributed by atoms with E-state index in [9.17, 15) is 9.59 Å². The standard InChI is InChI=1S/C18H18N2O3/c1-23-12-17(21)20-10-9-14-11-15(7-8-16(14)20)19-18(22)13-5-3-2-4-6-13/h2-8,11H,9-10,12H2,1H3,(H,19,22). The third kappa shape index (κ3) is 3.24. The van der Waals surface area contributed by atoms with Crippen LogP contribution in [0.5, 0.6) is 0 Å². The van der Waals surface area contributed by atoms with Crippen LogP contribution in [0.4, 0.5) is 11.4 Å². The zero-order valence-corrected chi connectivity index (χ0v) is 12.9. The van der Waals surface area contributed by atoms with Gasteiger partial charge in [-0.1, -0.05) is 18.2 Å². The van der Waals surface area contributed by atoms with Crippen molar-refractivity contribution in [3.8, 4) is 0 Å². The number of methoxy groups -OCH3 is 1. The van der Waals surface area contributed by atoms with Gasteiger partial charge < -0.3 is 15.0 Å². The average Bonchev–Trinajstić information content (AvgIpc) is 2.99. The maximum Gasteiger partial charge on any atom is 0.255 e. The fourth-order valence-electron chi connectivity index (χ4n) is 2.73. The van der Waals surface area contributed by atoms with Gasteiger partial charge in [-0.05, 0) is 42.3 Å². The first-order chi connectivity index (χ1) is 11.2. The molecule has 1 N–H and O–H groups in total. The summed E-state index contributed by atoms with van der Waals surface area (Å²) in [6.07, 6.45) is 0.778. The quantitative estimate of drug-likeness (QED) is 0.944. The van der Waals surface area contributed by atoms with Gasteiger partial charge in [0.1, 0.15) is 6.61 Å². The Morgan fingerprint density at radius 3 is 2.70 bits per heavy atom. The summed E-state index contributed by atoms with van der Waals surface area (Å²) < 4.78 is 4.91. The Morgan fingerprint density at radius 2 is 1.96 bits per heavy atom. The molecule has 0 unspecified atom stereocenters. The van der Waals surface area contributed by atoms with E-state index in [1.807, 2.05) is 36.4 Å². The highest BCUT2D eigenvalue weighted by molar-refractivity contribution is 6.04. The molecule has 0 saturated carbocycles. The molecule has 0 aliphatic carbocycles. The number of ether oxygens (including phenoxy) is 1. The third-order valence-corrected chi connectivity index (χ3v) is 3.84. The molecule has 1 heterocycles. The summed E-state index contributed by atoms with van der Waals surface area (Å²) >= 11 is 0. The van der Waals surface area contributed by atoms with E-state index in [0.29, 0.717) is 12.1 Å². The summed E-state index contributed by atoms with van der Waals surface area (Å²) in [6, 6.07) is 14.7. The van der Waals surface area contributed by atoms with Gasteiger partial charge in [0.15, 0.2) is 0 Å². The van der Waals surface area contributed by atoms with Crippen molar-refractivity contribution in [3.63, 3.8) is 0 Å². The van der Waals surface area contributed by atoms with Gasteiger partial charge in [-0.3, -0.25) is 9.59 Å². The van der Waals surface area contributed by atoms with Crippen LogP contribution >= 0.6 is 0 Å².